The smallest absolute Gasteiger partial charge is 0.147 e. The van der Waals surface area contributed by atoms with Crippen LogP contribution in [-0.4, -0.2) is 14.4 Å². The lowest BCUT2D eigenvalue weighted by Crippen LogP contribution is -2.01. The third-order valence-electron chi connectivity index (χ3n) is 6.77. The number of hydrogen-bond acceptors (Lipinski definition) is 2. The highest BCUT2D eigenvalue weighted by molar-refractivity contribution is 6.17. The topological polar surface area (TPSA) is 30.2 Å². The van der Waals surface area contributed by atoms with E-state index in [2.05, 4.69) is 98.8 Å². The number of para-hydroxylation sites is 2. The summed E-state index contributed by atoms with van der Waals surface area (Å²) < 4.78 is 2.31. The Morgan fingerprint density at radius 3 is 2.15 bits per heavy atom. The molecule has 3 nitrogen and oxygen atoms in total. The van der Waals surface area contributed by atoms with Crippen LogP contribution < -0.4 is 0 Å². The van der Waals surface area contributed by atoms with Crippen LogP contribution >= 0.6 is 0 Å². The SMILES string of the molecule is CC(C)c1cccc(C(C)C)c1-c1cccc2c1c1ncccc1c1nc3ccccc3n21. The number of nitrogens with zero attached hydrogens (tertiary/aromatic N) is 3. The zero-order valence-corrected chi connectivity index (χ0v) is 19.5. The Hall–Kier alpha value is -3.72. The van der Waals surface area contributed by atoms with Gasteiger partial charge >= 0.3 is 0 Å². The van der Waals surface area contributed by atoms with E-state index in [0.29, 0.717) is 11.8 Å². The molecule has 0 saturated carbocycles. The molecular weight excluding hydrogens is 402 g/mol. The van der Waals surface area contributed by atoms with E-state index >= 15 is 0 Å². The molecule has 0 unspecified atom stereocenters. The molecule has 0 aliphatic rings. The Balaban J connectivity index is 1.89. The van der Waals surface area contributed by atoms with Crippen LogP contribution in [0.1, 0.15) is 50.7 Å². The second-order valence-electron chi connectivity index (χ2n) is 9.48. The minimum absolute atomic E-state index is 0.422. The van der Waals surface area contributed by atoms with Gasteiger partial charge in [0.2, 0.25) is 0 Å². The predicted molar refractivity (Wildman–Crippen MR) is 139 cm³/mol. The summed E-state index contributed by atoms with van der Waals surface area (Å²) in [5.41, 5.74) is 10.6. The number of rotatable bonds is 3. The van der Waals surface area contributed by atoms with Gasteiger partial charge in [0.05, 0.1) is 22.1 Å². The minimum Gasteiger partial charge on any atom is -0.292 e. The number of aromatic nitrogens is 3. The molecule has 0 atom stereocenters. The zero-order chi connectivity index (χ0) is 22.7. The molecule has 3 heteroatoms. The number of benzene rings is 3. The number of imidazole rings is 1. The van der Waals surface area contributed by atoms with Gasteiger partial charge in [0, 0.05) is 17.0 Å². The second kappa shape index (κ2) is 7.41. The van der Waals surface area contributed by atoms with E-state index in [-0.39, 0.29) is 0 Å². The monoisotopic (exact) mass is 429 g/mol. The molecule has 3 aromatic heterocycles. The molecule has 162 valence electrons. The number of fused-ring (bicyclic) bond motifs is 8. The largest absolute Gasteiger partial charge is 0.292 e. The Kier molecular flexibility index (Phi) is 4.48. The first-order valence-corrected chi connectivity index (χ1v) is 11.8. The van der Waals surface area contributed by atoms with Crippen LogP contribution in [0.25, 0.3) is 49.6 Å². The van der Waals surface area contributed by atoms with Gasteiger partial charge in [0.1, 0.15) is 5.65 Å². The summed E-state index contributed by atoms with van der Waals surface area (Å²) >= 11 is 0. The fourth-order valence-electron chi connectivity index (χ4n) is 5.28. The normalized spacial score (nSPS) is 12.2. The summed E-state index contributed by atoms with van der Waals surface area (Å²) in [5.74, 6) is 0.844. The molecule has 0 fully saturated rings. The standard InChI is InChI=1S/C30H27N3/c1-18(2)20-10-7-11-21(19(3)4)27(20)22-12-8-16-26-28(22)29-23(13-9-17-31-29)30-32-24-14-5-6-15-25(24)33(26)30/h5-19H,1-4H3. The maximum atomic E-state index is 5.01. The molecule has 0 spiro atoms. The predicted octanol–water partition coefficient (Wildman–Crippen LogP) is 8.10. The van der Waals surface area contributed by atoms with Crippen molar-refractivity contribution in [2.75, 3.05) is 0 Å². The fraction of sp³-hybridized carbons (Fsp3) is 0.200. The Labute approximate surface area is 193 Å². The molecule has 0 aliphatic heterocycles. The van der Waals surface area contributed by atoms with Crippen LogP contribution in [-0.2, 0) is 0 Å². The fourth-order valence-corrected chi connectivity index (χ4v) is 5.28. The summed E-state index contributed by atoms with van der Waals surface area (Å²) in [5, 5.41) is 2.28. The minimum atomic E-state index is 0.422. The summed E-state index contributed by atoms with van der Waals surface area (Å²) in [7, 11) is 0. The third-order valence-corrected chi connectivity index (χ3v) is 6.77. The van der Waals surface area contributed by atoms with Crippen LogP contribution in [0, 0.1) is 0 Å². The van der Waals surface area contributed by atoms with Crippen molar-refractivity contribution in [2.24, 2.45) is 0 Å². The van der Waals surface area contributed by atoms with E-state index in [1.54, 1.807) is 0 Å². The van der Waals surface area contributed by atoms with Gasteiger partial charge in [-0.05, 0) is 64.4 Å². The van der Waals surface area contributed by atoms with Gasteiger partial charge in [0.25, 0.3) is 0 Å². The van der Waals surface area contributed by atoms with Crippen molar-refractivity contribution in [2.45, 2.75) is 39.5 Å². The van der Waals surface area contributed by atoms with Gasteiger partial charge in [-0.3, -0.25) is 9.38 Å². The average Bonchev–Trinajstić information content (AvgIpc) is 3.23. The molecule has 0 aliphatic carbocycles. The molecular formula is C30H27N3. The molecule has 3 aromatic carbocycles. The van der Waals surface area contributed by atoms with Gasteiger partial charge in [0.15, 0.2) is 0 Å². The molecule has 0 bridgehead atoms. The van der Waals surface area contributed by atoms with Crippen molar-refractivity contribution in [3.8, 4) is 11.1 Å². The van der Waals surface area contributed by atoms with Crippen LogP contribution in [0.4, 0.5) is 0 Å². The van der Waals surface area contributed by atoms with Crippen molar-refractivity contribution in [3.05, 3.63) is 90.1 Å². The van der Waals surface area contributed by atoms with Crippen molar-refractivity contribution in [1.82, 2.24) is 14.4 Å². The van der Waals surface area contributed by atoms with E-state index in [9.17, 15) is 0 Å². The van der Waals surface area contributed by atoms with Crippen LogP contribution in [0.2, 0.25) is 0 Å². The molecule has 0 N–H and O–H groups in total. The highest BCUT2D eigenvalue weighted by atomic mass is 15.0. The van der Waals surface area contributed by atoms with Gasteiger partial charge < -0.3 is 0 Å². The molecule has 0 saturated heterocycles. The van der Waals surface area contributed by atoms with E-state index in [0.717, 1.165) is 33.1 Å². The van der Waals surface area contributed by atoms with E-state index < -0.39 is 0 Å². The number of hydrogen-bond donors (Lipinski definition) is 0. The third kappa shape index (κ3) is 2.88. The molecule has 3 heterocycles. The molecule has 0 amide bonds. The summed E-state index contributed by atoms with van der Waals surface area (Å²) in [6.45, 7) is 9.13. The lowest BCUT2D eigenvalue weighted by atomic mass is 9.83. The quantitative estimate of drug-likeness (QED) is 0.266. The summed E-state index contributed by atoms with van der Waals surface area (Å²) in [4.78, 5) is 9.92. The second-order valence-corrected chi connectivity index (χ2v) is 9.48. The van der Waals surface area contributed by atoms with E-state index in [1.165, 1.54) is 27.6 Å². The maximum absolute atomic E-state index is 5.01. The van der Waals surface area contributed by atoms with Crippen LogP contribution in [0.3, 0.4) is 0 Å². The zero-order valence-electron chi connectivity index (χ0n) is 19.5. The van der Waals surface area contributed by atoms with Crippen LogP contribution in [0.15, 0.2) is 79.0 Å². The average molecular weight is 430 g/mol. The number of pyridine rings is 2. The van der Waals surface area contributed by atoms with Gasteiger partial charge in [-0.1, -0.05) is 70.2 Å². The van der Waals surface area contributed by atoms with Crippen LogP contribution in [0.5, 0.6) is 0 Å². The van der Waals surface area contributed by atoms with Gasteiger partial charge in [-0.25, -0.2) is 4.98 Å². The summed E-state index contributed by atoms with van der Waals surface area (Å²) in [6, 6.07) is 26.0. The van der Waals surface area contributed by atoms with E-state index in [4.69, 9.17) is 9.97 Å². The van der Waals surface area contributed by atoms with Crippen molar-refractivity contribution >= 4 is 38.5 Å². The first kappa shape index (κ1) is 19.9. The molecule has 0 radical (unpaired) electrons. The first-order chi connectivity index (χ1) is 16.1. The Bertz CT molecular complexity index is 1650. The lowest BCUT2D eigenvalue weighted by Gasteiger charge is -2.22. The summed E-state index contributed by atoms with van der Waals surface area (Å²) in [6.07, 6.45) is 1.90. The first-order valence-electron chi connectivity index (χ1n) is 11.8. The highest BCUT2D eigenvalue weighted by Gasteiger charge is 2.21. The van der Waals surface area contributed by atoms with Crippen molar-refractivity contribution in [1.29, 1.82) is 0 Å². The van der Waals surface area contributed by atoms with Crippen molar-refractivity contribution < 1.29 is 0 Å². The van der Waals surface area contributed by atoms with Gasteiger partial charge in [-0.15, -0.1) is 0 Å². The Morgan fingerprint density at radius 2 is 1.39 bits per heavy atom. The molecule has 6 rings (SSSR count). The van der Waals surface area contributed by atoms with E-state index in [1.807, 2.05) is 12.3 Å². The maximum Gasteiger partial charge on any atom is 0.147 e. The van der Waals surface area contributed by atoms with Gasteiger partial charge in [-0.2, -0.15) is 0 Å². The Morgan fingerprint density at radius 1 is 0.697 bits per heavy atom. The lowest BCUT2D eigenvalue weighted by molar-refractivity contribution is 0.838. The molecule has 6 aromatic rings. The molecule has 33 heavy (non-hydrogen) atoms. The van der Waals surface area contributed by atoms with Crippen molar-refractivity contribution in [3.63, 3.8) is 0 Å². The highest BCUT2D eigenvalue weighted by Crippen LogP contribution is 2.42.